The number of aryl methyl sites for hydroxylation is 1. The lowest BCUT2D eigenvalue weighted by atomic mass is 10.1. The van der Waals surface area contributed by atoms with Gasteiger partial charge in [-0.2, -0.15) is 4.98 Å². The van der Waals surface area contributed by atoms with Crippen molar-refractivity contribution in [2.45, 2.75) is 26.7 Å². The van der Waals surface area contributed by atoms with E-state index in [1.54, 1.807) is 18.2 Å². The van der Waals surface area contributed by atoms with Crippen LogP contribution in [0.2, 0.25) is 5.02 Å². The highest BCUT2D eigenvalue weighted by atomic mass is 35.5. The van der Waals surface area contributed by atoms with Crippen LogP contribution >= 0.6 is 11.6 Å². The largest absolute Gasteiger partial charge is 0.420 e. The first-order valence-electron chi connectivity index (χ1n) is 6.05. The summed E-state index contributed by atoms with van der Waals surface area (Å²) in [4.78, 5) is 8.61. The van der Waals surface area contributed by atoms with E-state index in [4.69, 9.17) is 22.1 Å². The molecule has 0 atom stereocenters. The molecule has 0 aliphatic carbocycles. The molecule has 0 aliphatic rings. The summed E-state index contributed by atoms with van der Waals surface area (Å²) >= 11 is 6.06. The van der Waals surface area contributed by atoms with E-state index in [-0.39, 0.29) is 6.01 Å². The molecule has 0 bridgehead atoms. The van der Waals surface area contributed by atoms with Crippen molar-refractivity contribution in [2.75, 3.05) is 5.73 Å². The van der Waals surface area contributed by atoms with E-state index in [1.807, 2.05) is 13.0 Å². The fourth-order valence-corrected chi connectivity index (χ4v) is 1.85. The predicted octanol–water partition coefficient (Wildman–Crippen LogP) is 3.94. The lowest BCUT2D eigenvalue weighted by Gasteiger charge is -2.11. The van der Waals surface area contributed by atoms with Crippen molar-refractivity contribution < 1.29 is 4.74 Å². The zero-order chi connectivity index (χ0) is 14.0. The molecule has 0 spiro atoms. The Bertz CT molecular complexity index is 579. The summed E-state index contributed by atoms with van der Waals surface area (Å²) in [6.07, 6.45) is 0. The number of benzene rings is 1. The Morgan fingerprint density at radius 2 is 2.00 bits per heavy atom. The van der Waals surface area contributed by atoms with Crippen molar-refractivity contribution in [3.05, 3.63) is 40.7 Å². The lowest BCUT2D eigenvalue weighted by molar-refractivity contribution is 0.439. The maximum absolute atomic E-state index is 6.06. The average molecular weight is 278 g/mol. The van der Waals surface area contributed by atoms with Gasteiger partial charge in [-0.3, -0.25) is 0 Å². The van der Waals surface area contributed by atoms with E-state index < -0.39 is 0 Å². The summed E-state index contributed by atoms with van der Waals surface area (Å²) in [6, 6.07) is 7.41. The van der Waals surface area contributed by atoms with Gasteiger partial charge in [0.05, 0.1) is 16.4 Å². The summed E-state index contributed by atoms with van der Waals surface area (Å²) in [5, 5.41) is 0.441. The van der Waals surface area contributed by atoms with Crippen LogP contribution in [0.1, 0.15) is 31.2 Å². The lowest BCUT2D eigenvalue weighted by Crippen LogP contribution is -2.01. The maximum Gasteiger partial charge on any atom is 0.322 e. The Morgan fingerprint density at radius 1 is 1.26 bits per heavy atom. The van der Waals surface area contributed by atoms with Crippen LogP contribution in [0.5, 0.6) is 11.8 Å². The van der Waals surface area contributed by atoms with E-state index >= 15 is 0 Å². The molecule has 2 rings (SSSR count). The van der Waals surface area contributed by atoms with Crippen LogP contribution in [0.25, 0.3) is 0 Å². The number of anilines is 1. The van der Waals surface area contributed by atoms with Gasteiger partial charge in [-0.05, 0) is 31.0 Å². The number of rotatable bonds is 3. The van der Waals surface area contributed by atoms with Crippen molar-refractivity contribution in [1.29, 1.82) is 0 Å². The Labute approximate surface area is 117 Å². The topological polar surface area (TPSA) is 61.0 Å². The smallest absolute Gasteiger partial charge is 0.322 e. The minimum absolute atomic E-state index is 0.267. The number of aromatic nitrogens is 2. The van der Waals surface area contributed by atoms with Crippen molar-refractivity contribution in [3.63, 3.8) is 0 Å². The van der Waals surface area contributed by atoms with E-state index in [9.17, 15) is 0 Å². The van der Waals surface area contributed by atoms with Crippen molar-refractivity contribution in [2.24, 2.45) is 0 Å². The number of ether oxygens (including phenoxy) is 1. The number of hydrogen-bond acceptors (Lipinski definition) is 4. The molecule has 4 nitrogen and oxygen atoms in total. The molecule has 0 radical (unpaired) electrons. The molecule has 0 unspecified atom stereocenters. The quantitative estimate of drug-likeness (QED) is 0.863. The molecule has 1 heterocycles. The van der Waals surface area contributed by atoms with Gasteiger partial charge in [0.1, 0.15) is 0 Å². The molecule has 2 N–H and O–H groups in total. The van der Waals surface area contributed by atoms with Crippen molar-refractivity contribution >= 4 is 17.3 Å². The van der Waals surface area contributed by atoms with Gasteiger partial charge in [-0.15, -0.1) is 0 Å². The van der Waals surface area contributed by atoms with Crippen LogP contribution in [-0.4, -0.2) is 9.97 Å². The Morgan fingerprint density at radius 3 is 2.63 bits per heavy atom. The Hall–Kier alpha value is -1.81. The van der Waals surface area contributed by atoms with Crippen LogP contribution in [-0.2, 0) is 0 Å². The van der Waals surface area contributed by atoms with Gasteiger partial charge in [0.25, 0.3) is 0 Å². The molecule has 5 heteroatoms. The van der Waals surface area contributed by atoms with Gasteiger partial charge in [0, 0.05) is 5.69 Å². The summed E-state index contributed by atoms with van der Waals surface area (Å²) in [5.41, 5.74) is 8.07. The molecule has 0 saturated carbocycles. The van der Waals surface area contributed by atoms with E-state index in [0.717, 1.165) is 11.4 Å². The normalized spacial score (nSPS) is 10.8. The second kappa shape index (κ2) is 5.45. The highest BCUT2D eigenvalue weighted by Gasteiger charge is 2.11. The highest BCUT2D eigenvalue weighted by Crippen LogP contribution is 2.33. The Balaban J connectivity index is 2.38. The van der Waals surface area contributed by atoms with Gasteiger partial charge < -0.3 is 10.5 Å². The third kappa shape index (κ3) is 3.15. The molecule has 0 fully saturated rings. The second-order valence-electron chi connectivity index (χ2n) is 4.63. The number of nitrogen functional groups attached to an aromatic ring is 1. The molecule has 1 aromatic heterocycles. The SMILES string of the molecule is Cc1cc(C(C)C)nc(Oc2c(N)cccc2Cl)n1. The molecule has 0 saturated heterocycles. The summed E-state index contributed by atoms with van der Waals surface area (Å²) < 4.78 is 5.63. The van der Waals surface area contributed by atoms with Crippen molar-refractivity contribution in [3.8, 4) is 11.8 Å². The molecular formula is C14H16ClN3O. The van der Waals surface area contributed by atoms with Gasteiger partial charge in [0.2, 0.25) is 0 Å². The minimum Gasteiger partial charge on any atom is -0.420 e. The molecule has 2 aromatic rings. The van der Waals surface area contributed by atoms with E-state index in [0.29, 0.717) is 22.4 Å². The number of para-hydroxylation sites is 1. The number of nitrogens with two attached hydrogens (primary N) is 1. The zero-order valence-corrected chi connectivity index (χ0v) is 11.9. The molecule has 1 aromatic carbocycles. The fraction of sp³-hybridized carbons (Fsp3) is 0.286. The van der Waals surface area contributed by atoms with Crippen LogP contribution < -0.4 is 10.5 Å². The van der Waals surface area contributed by atoms with E-state index in [1.165, 1.54) is 0 Å². The minimum atomic E-state index is 0.267. The monoisotopic (exact) mass is 277 g/mol. The van der Waals surface area contributed by atoms with Gasteiger partial charge in [-0.25, -0.2) is 4.98 Å². The first-order valence-corrected chi connectivity index (χ1v) is 6.42. The summed E-state index contributed by atoms with van der Waals surface area (Å²) in [7, 11) is 0. The van der Waals surface area contributed by atoms with Crippen LogP contribution in [0.3, 0.4) is 0 Å². The number of hydrogen-bond donors (Lipinski definition) is 1. The number of halogens is 1. The maximum atomic E-state index is 6.06. The summed E-state index contributed by atoms with van der Waals surface area (Å²) in [5.74, 6) is 0.692. The molecule has 0 aliphatic heterocycles. The third-order valence-electron chi connectivity index (χ3n) is 2.64. The van der Waals surface area contributed by atoms with Crippen LogP contribution in [0.4, 0.5) is 5.69 Å². The number of nitrogens with zero attached hydrogens (tertiary/aromatic N) is 2. The average Bonchev–Trinajstić information content (AvgIpc) is 2.33. The fourth-order valence-electron chi connectivity index (χ4n) is 1.63. The second-order valence-corrected chi connectivity index (χ2v) is 5.04. The van der Waals surface area contributed by atoms with Gasteiger partial charge >= 0.3 is 6.01 Å². The first kappa shape index (κ1) is 13.6. The first-order chi connectivity index (χ1) is 8.97. The molecule has 19 heavy (non-hydrogen) atoms. The van der Waals surface area contributed by atoms with Gasteiger partial charge in [-0.1, -0.05) is 31.5 Å². The summed E-state index contributed by atoms with van der Waals surface area (Å²) in [6.45, 7) is 6.03. The highest BCUT2D eigenvalue weighted by molar-refractivity contribution is 6.32. The molecule has 0 amide bonds. The van der Waals surface area contributed by atoms with Crippen LogP contribution in [0.15, 0.2) is 24.3 Å². The third-order valence-corrected chi connectivity index (χ3v) is 2.93. The molecule has 100 valence electrons. The zero-order valence-electron chi connectivity index (χ0n) is 11.1. The standard InChI is InChI=1S/C14H16ClN3O/c1-8(2)12-7-9(3)17-14(18-12)19-13-10(15)5-4-6-11(13)16/h4-8H,16H2,1-3H3. The predicted molar refractivity (Wildman–Crippen MR) is 76.8 cm³/mol. The van der Waals surface area contributed by atoms with Crippen LogP contribution in [0, 0.1) is 6.92 Å². The Kier molecular flexibility index (Phi) is 3.90. The van der Waals surface area contributed by atoms with E-state index in [2.05, 4.69) is 23.8 Å². The van der Waals surface area contributed by atoms with Gasteiger partial charge in [0.15, 0.2) is 5.75 Å². The van der Waals surface area contributed by atoms with Crippen molar-refractivity contribution in [1.82, 2.24) is 9.97 Å². The molecular weight excluding hydrogens is 262 g/mol.